The van der Waals surface area contributed by atoms with Crippen molar-refractivity contribution in [3.05, 3.63) is 0 Å². The highest BCUT2D eigenvalue weighted by Gasteiger charge is 2.16. The molecule has 1 aliphatic heterocycles. The van der Waals surface area contributed by atoms with Crippen molar-refractivity contribution in [2.75, 3.05) is 45.9 Å². The fourth-order valence-electron chi connectivity index (χ4n) is 1.50. The van der Waals surface area contributed by atoms with Gasteiger partial charge >= 0.3 is 0 Å². The van der Waals surface area contributed by atoms with E-state index in [9.17, 15) is 0 Å². The highest BCUT2D eigenvalue weighted by atomic mass is 16.5. The van der Waals surface area contributed by atoms with Gasteiger partial charge in [-0.05, 0) is 13.8 Å². The number of hydrogen-bond donors (Lipinski definition) is 1. The van der Waals surface area contributed by atoms with Crippen LogP contribution in [0.25, 0.3) is 0 Å². The Labute approximate surface area is 92.2 Å². The summed E-state index contributed by atoms with van der Waals surface area (Å²) in [6, 6.07) is 2.28. The van der Waals surface area contributed by atoms with Crippen LogP contribution in [0, 0.1) is 16.7 Å². The second-order valence-electron chi connectivity index (χ2n) is 4.63. The normalized spacial score (nSPS) is 18.7. The summed E-state index contributed by atoms with van der Waals surface area (Å²) in [6.45, 7) is 10.4. The van der Waals surface area contributed by atoms with Crippen molar-refractivity contribution >= 4 is 0 Å². The largest absolute Gasteiger partial charge is 0.379 e. The highest BCUT2D eigenvalue weighted by molar-refractivity contribution is 4.93. The number of nitriles is 1. The molecule has 86 valence electrons. The lowest BCUT2D eigenvalue weighted by Gasteiger charge is -2.27. The van der Waals surface area contributed by atoms with Crippen LogP contribution in [0.3, 0.4) is 0 Å². The fourth-order valence-corrected chi connectivity index (χ4v) is 1.50. The predicted molar refractivity (Wildman–Crippen MR) is 59.5 cm³/mol. The maximum Gasteiger partial charge on any atom is 0.0697 e. The molecule has 0 atom stereocenters. The molecule has 0 aliphatic carbocycles. The van der Waals surface area contributed by atoms with Crippen molar-refractivity contribution in [3.8, 4) is 6.07 Å². The summed E-state index contributed by atoms with van der Waals surface area (Å²) < 4.78 is 5.27. The Morgan fingerprint density at radius 1 is 1.40 bits per heavy atom. The molecule has 0 amide bonds. The second kappa shape index (κ2) is 6.06. The molecule has 1 N–H and O–H groups in total. The van der Waals surface area contributed by atoms with Crippen LogP contribution in [-0.4, -0.2) is 50.8 Å². The SMILES string of the molecule is CC(C)(C#N)CNCCN1CCOCC1. The third-order valence-corrected chi connectivity index (χ3v) is 2.58. The first-order chi connectivity index (χ1) is 7.14. The maximum absolute atomic E-state index is 8.83. The number of nitrogens with one attached hydrogen (secondary N) is 1. The van der Waals surface area contributed by atoms with Crippen LogP contribution in [0.2, 0.25) is 0 Å². The van der Waals surface area contributed by atoms with Gasteiger partial charge in [0.05, 0.1) is 24.7 Å². The van der Waals surface area contributed by atoms with Crippen LogP contribution >= 0.6 is 0 Å². The van der Waals surface area contributed by atoms with Gasteiger partial charge in [0.25, 0.3) is 0 Å². The molecular formula is C11H21N3O. The molecule has 1 saturated heterocycles. The van der Waals surface area contributed by atoms with Crippen LogP contribution in [-0.2, 0) is 4.74 Å². The quantitative estimate of drug-likeness (QED) is 0.671. The Morgan fingerprint density at radius 2 is 2.07 bits per heavy atom. The third-order valence-electron chi connectivity index (χ3n) is 2.58. The molecule has 0 radical (unpaired) electrons. The molecule has 0 unspecified atom stereocenters. The van der Waals surface area contributed by atoms with Crippen molar-refractivity contribution in [2.45, 2.75) is 13.8 Å². The molecule has 1 fully saturated rings. The molecule has 0 saturated carbocycles. The van der Waals surface area contributed by atoms with Crippen molar-refractivity contribution in [3.63, 3.8) is 0 Å². The van der Waals surface area contributed by atoms with Crippen LogP contribution in [0.4, 0.5) is 0 Å². The Bertz CT molecular complexity index is 216. The Balaban J connectivity index is 2.04. The van der Waals surface area contributed by atoms with E-state index in [1.807, 2.05) is 13.8 Å². The zero-order chi connectivity index (χ0) is 11.1. The molecule has 1 rings (SSSR count). The van der Waals surface area contributed by atoms with E-state index in [-0.39, 0.29) is 5.41 Å². The molecule has 0 aromatic heterocycles. The number of rotatable bonds is 5. The molecule has 15 heavy (non-hydrogen) atoms. The van der Waals surface area contributed by atoms with E-state index >= 15 is 0 Å². The van der Waals surface area contributed by atoms with Gasteiger partial charge in [-0.1, -0.05) is 0 Å². The molecule has 1 heterocycles. The first-order valence-electron chi connectivity index (χ1n) is 5.56. The molecule has 1 aliphatic rings. The summed E-state index contributed by atoms with van der Waals surface area (Å²) in [7, 11) is 0. The first kappa shape index (κ1) is 12.4. The second-order valence-corrected chi connectivity index (χ2v) is 4.63. The fraction of sp³-hybridized carbons (Fsp3) is 0.909. The average Bonchev–Trinajstić information content (AvgIpc) is 2.26. The summed E-state index contributed by atoms with van der Waals surface area (Å²) in [5.41, 5.74) is -0.259. The Kier molecular flexibility index (Phi) is 5.03. The Hall–Kier alpha value is -0.630. The van der Waals surface area contributed by atoms with E-state index in [1.54, 1.807) is 0 Å². The van der Waals surface area contributed by atoms with Gasteiger partial charge in [-0.15, -0.1) is 0 Å². The molecule has 0 bridgehead atoms. The summed E-state index contributed by atoms with van der Waals surface area (Å²) in [6.07, 6.45) is 0. The number of morpholine rings is 1. The number of ether oxygens (including phenoxy) is 1. The van der Waals surface area contributed by atoms with E-state index < -0.39 is 0 Å². The van der Waals surface area contributed by atoms with E-state index in [2.05, 4.69) is 16.3 Å². The van der Waals surface area contributed by atoms with Crippen molar-refractivity contribution in [1.82, 2.24) is 10.2 Å². The minimum atomic E-state index is -0.259. The van der Waals surface area contributed by atoms with Crippen molar-refractivity contribution in [2.24, 2.45) is 5.41 Å². The monoisotopic (exact) mass is 211 g/mol. The standard InChI is InChI=1S/C11H21N3O/c1-11(2,9-12)10-13-3-4-14-5-7-15-8-6-14/h13H,3-8,10H2,1-2H3. The van der Waals surface area contributed by atoms with Crippen LogP contribution in [0.5, 0.6) is 0 Å². The zero-order valence-corrected chi connectivity index (χ0v) is 9.75. The lowest BCUT2D eigenvalue weighted by molar-refractivity contribution is 0.0383. The van der Waals surface area contributed by atoms with Gasteiger partial charge in [-0.2, -0.15) is 5.26 Å². The van der Waals surface area contributed by atoms with Gasteiger partial charge < -0.3 is 10.1 Å². The lowest BCUT2D eigenvalue weighted by atomic mass is 9.96. The predicted octanol–water partition coefficient (Wildman–Crippen LogP) is 0.458. The number of nitrogens with zero attached hydrogens (tertiary/aromatic N) is 2. The smallest absolute Gasteiger partial charge is 0.0697 e. The molecule has 4 nitrogen and oxygen atoms in total. The van der Waals surface area contributed by atoms with Gasteiger partial charge in [-0.3, -0.25) is 4.90 Å². The summed E-state index contributed by atoms with van der Waals surface area (Å²) in [4.78, 5) is 2.38. The Morgan fingerprint density at radius 3 is 2.67 bits per heavy atom. The minimum Gasteiger partial charge on any atom is -0.379 e. The van der Waals surface area contributed by atoms with Crippen molar-refractivity contribution in [1.29, 1.82) is 5.26 Å². The summed E-state index contributed by atoms with van der Waals surface area (Å²) in [5.74, 6) is 0. The molecule has 0 aromatic carbocycles. The number of hydrogen-bond acceptors (Lipinski definition) is 4. The van der Waals surface area contributed by atoms with Gasteiger partial charge in [-0.25, -0.2) is 0 Å². The van der Waals surface area contributed by atoms with Gasteiger partial charge in [0.2, 0.25) is 0 Å². The lowest BCUT2D eigenvalue weighted by Crippen LogP contribution is -2.41. The average molecular weight is 211 g/mol. The van der Waals surface area contributed by atoms with Gasteiger partial charge in [0.1, 0.15) is 0 Å². The first-order valence-corrected chi connectivity index (χ1v) is 5.56. The van der Waals surface area contributed by atoms with E-state index in [0.717, 1.165) is 45.9 Å². The van der Waals surface area contributed by atoms with Crippen LogP contribution < -0.4 is 5.32 Å². The van der Waals surface area contributed by atoms with Crippen molar-refractivity contribution < 1.29 is 4.74 Å². The van der Waals surface area contributed by atoms with Gasteiger partial charge in [0, 0.05) is 32.7 Å². The topological polar surface area (TPSA) is 48.3 Å². The molecule has 0 spiro atoms. The highest BCUT2D eigenvalue weighted by Crippen LogP contribution is 2.10. The van der Waals surface area contributed by atoms with E-state index in [0.29, 0.717) is 0 Å². The van der Waals surface area contributed by atoms with E-state index in [1.165, 1.54) is 0 Å². The zero-order valence-electron chi connectivity index (χ0n) is 9.75. The van der Waals surface area contributed by atoms with Crippen LogP contribution in [0.1, 0.15) is 13.8 Å². The molecular weight excluding hydrogens is 190 g/mol. The van der Waals surface area contributed by atoms with E-state index in [4.69, 9.17) is 10.00 Å². The maximum atomic E-state index is 8.83. The van der Waals surface area contributed by atoms with Gasteiger partial charge in [0.15, 0.2) is 0 Å². The van der Waals surface area contributed by atoms with Crippen LogP contribution in [0.15, 0.2) is 0 Å². The summed E-state index contributed by atoms with van der Waals surface area (Å²) >= 11 is 0. The molecule has 0 aromatic rings. The third kappa shape index (κ3) is 5.12. The minimum absolute atomic E-state index is 0.259. The molecule has 4 heteroatoms. The summed E-state index contributed by atoms with van der Waals surface area (Å²) in [5, 5.41) is 12.1.